The molecular formula is C10H20OSi. The fourth-order valence-corrected chi connectivity index (χ4v) is 1.75. The van der Waals surface area contributed by atoms with E-state index in [0.29, 0.717) is 6.42 Å². The third-order valence-electron chi connectivity index (χ3n) is 1.59. The van der Waals surface area contributed by atoms with E-state index in [1.807, 2.05) is 0 Å². The standard InChI is InChI=1S/C10H20OSi/c1-12(2,3)10-8-6-4-5-7-9-11/h6,8-9H,4-5,7,10H2,1-3H3/b8-6-. The lowest BCUT2D eigenvalue weighted by Gasteiger charge is -2.11. The summed E-state index contributed by atoms with van der Waals surface area (Å²) in [6.07, 6.45) is 8.25. The van der Waals surface area contributed by atoms with Crippen LogP contribution in [0.4, 0.5) is 0 Å². The van der Waals surface area contributed by atoms with Crippen molar-refractivity contribution < 1.29 is 4.79 Å². The van der Waals surface area contributed by atoms with Crippen LogP contribution >= 0.6 is 0 Å². The summed E-state index contributed by atoms with van der Waals surface area (Å²) in [5, 5.41) is 0. The Labute approximate surface area is 76.9 Å². The van der Waals surface area contributed by atoms with Gasteiger partial charge in [0.1, 0.15) is 6.29 Å². The van der Waals surface area contributed by atoms with E-state index >= 15 is 0 Å². The van der Waals surface area contributed by atoms with Crippen molar-refractivity contribution in [1.82, 2.24) is 0 Å². The van der Waals surface area contributed by atoms with Gasteiger partial charge < -0.3 is 4.79 Å². The van der Waals surface area contributed by atoms with Crippen LogP contribution in [0.3, 0.4) is 0 Å². The summed E-state index contributed by atoms with van der Waals surface area (Å²) in [5.41, 5.74) is 0. The smallest absolute Gasteiger partial charge is 0.120 e. The molecule has 0 unspecified atom stereocenters. The average Bonchev–Trinajstić information content (AvgIpc) is 1.94. The lowest BCUT2D eigenvalue weighted by atomic mass is 10.2. The highest BCUT2D eigenvalue weighted by Crippen LogP contribution is 2.09. The highest BCUT2D eigenvalue weighted by molar-refractivity contribution is 6.76. The lowest BCUT2D eigenvalue weighted by Crippen LogP contribution is -2.17. The molecule has 2 heteroatoms. The maximum absolute atomic E-state index is 9.98. The Morgan fingerprint density at radius 2 is 1.75 bits per heavy atom. The number of rotatable bonds is 6. The predicted molar refractivity (Wildman–Crippen MR) is 57.2 cm³/mol. The minimum Gasteiger partial charge on any atom is -0.303 e. The highest BCUT2D eigenvalue weighted by Gasteiger charge is 2.08. The second kappa shape index (κ2) is 6.18. The fraction of sp³-hybridized carbons (Fsp3) is 0.700. The average molecular weight is 184 g/mol. The molecule has 0 fully saturated rings. The Bertz CT molecular complexity index is 144. The summed E-state index contributed by atoms with van der Waals surface area (Å²) < 4.78 is 0. The molecule has 0 aliphatic heterocycles. The number of carbonyl (C=O) groups is 1. The van der Waals surface area contributed by atoms with E-state index in [0.717, 1.165) is 19.1 Å². The van der Waals surface area contributed by atoms with Gasteiger partial charge in [0.2, 0.25) is 0 Å². The van der Waals surface area contributed by atoms with Gasteiger partial charge >= 0.3 is 0 Å². The summed E-state index contributed by atoms with van der Waals surface area (Å²) in [7, 11) is -0.882. The molecule has 1 nitrogen and oxygen atoms in total. The highest BCUT2D eigenvalue weighted by atomic mass is 28.3. The molecule has 0 amide bonds. The number of allylic oxidation sites excluding steroid dienone is 2. The molecule has 12 heavy (non-hydrogen) atoms. The first kappa shape index (κ1) is 11.6. The Kier molecular flexibility index (Phi) is 5.99. The summed E-state index contributed by atoms with van der Waals surface area (Å²) in [4.78, 5) is 9.98. The van der Waals surface area contributed by atoms with Crippen LogP contribution < -0.4 is 0 Å². The molecule has 0 aromatic carbocycles. The van der Waals surface area contributed by atoms with Crippen LogP contribution in [0.25, 0.3) is 0 Å². The van der Waals surface area contributed by atoms with Gasteiger partial charge in [-0.25, -0.2) is 0 Å². The van der Waals surface area contributed by atoms with Crippen molar-refractivity contribution in [3.63, 3.8) is 0 Å². The predicted octanol–water partition coefficient (Wildman–Crippen LogP) is 3.25. The molecule has 0 aromatic heterocycles. The second-order valence-electron chi connectivity index (χ2n) is 4.33. The molecule has 0 saturated carbocycles. The second-order valence-corrected chi connectivity index (χ2v) is 9.86. The van der Waals surface area contributed by atoms with Gasteiger partial charge in [-0.05, 0) is 18.9 Å². The van der Waals surface area contributed by atoms with Crippen LogP contribution in [-0.4, -0.2) is 14.4 Å². The van der Waals surface area contributed by atoms with Crippen molar-refractivity contribution in [3.05, 3.63) is 12.2 Å². The largest absolute Gasteiger partial charge is 0.303 e. The van der Waals surface area contributed by atoms with Crippen molar-refractivity contribution >= 4 is 14.4 Å². The normalized spacial score (nSPS) is 12.2. The quantitative estimate of drug-likeness (QED) is 0.268. The van der Waals surface area contributed by atoms with E-state index in [2.05, 4.69) is 31.8 Å². The zero-order chi connectivity index (χ0) is 9.45. The molecule has 0 heterocycles. The van der Waals surface area contributed by atoms with Gasteiger partial charge in [0.05, 0.1) is 0 Å². The fourth-order valence-electron chi connectivity index (χ4n) is 0.874. The van der Waals surface area contributed by atoms with Crippen LogP contribution in [0.15, 0.2) is 12.2 Å². The van der Waals surface area contributed by atoms with Crippen molar-refractivity contribution in [2.45, 2.75) is 44.9 Å². The number of unbranched alkanes of at least 4 members (excludes halogenated alkanes) is 2. The van der Waals surface area contributed by atoms with E-state index in [1.165, 1.54) is 6.04 Å². The molecule has 0 aliphatic carbocycles. The first-order chi connectivity index (χ1) is 5.56. The lowest BCUT2D eigenvalue weighted by molar-refractivity contribution is -0.107. The van der Waals surface area contributed by atoms with E-state index in [-0.39, 0.29) is 0 Å². The van der Waals surface area contributed by atoms with Crippen LogP contribution in [0.5, 0.6) is 0 Å². The molecule has 0 atom stereocenters. The third kappa shape index (κ3) is 9.63. The van der Waals surface area contributed by atoms with Crippen LogP contribution in [0.1, 0.15) is 19.3 Å². The van der Waals surface area contributed by atoms with E-state index in [4.69, 9.17) is 0 Å². The molecule has 0 aliphatic rings. The molecule has 0 aromatic rings. The Hall–Kier alpha value is -0.373. The maximum atomic E-state index is 9.98. The van der Waals surface area contributed by atoms with Crippen molar-refractivity contribution in [3.8, 4) is 0 Å². The van der Waals surface area contributed by atoms with Crippen LogP contribution in [0.2, 0.25) is 25.7 Å². The number of carbonyl (C=O) groups excluding carboxylic acids is 1. The minimum absolute atomic E-state index is 0.706. The molecule has 0 spiro atoms. The molecule has 0 saturated heterocycles. The molecule has 0 bridgehead atoms. The van der Waals surface area contributed by atoms with Crippen LogP contribution in [-0.2, 0) is 4.79 Å². The van der Waals surface area contributed by atoms with Gasteiger partial charge in [0.15, 0.2) is 0 Å². The third-order valence-corrected chi connectivity index (χ3v) is 3.05. The van der Waals surface area contributed by atoms with Crippen LogP contribution in [0, 0.1) is 0 Å². The maximum Gasteiger partial charge on any atom is 0.120 e. The number of hydrogen-bond acceptors (Lipinski definition) is 1. The topological polar surface area (TPSA) is 17.1 Å². The summed E-state index contributed by atoms with van der Waals surface area (Å²) >= 11 is 0. The van der Waals surface area contributed by atoms with Crippen molar-refractivity contribution in [2.24, 2.45) is 0 Å². The summed E-state index contributed by atoms with van der Waals surface area (Å²) in [5.74, 6) is 0. The van der Waals surface area contributed by atoms with Gasteiger partial charge in [-0.2, -0.15) is 0 Å². The zero-order valence-electron chi connectivity index (χ0n) is 8.47. The monoisotopic (exact) mass is 184 g/mol. The zero-order valence-corrected chi connectivity index (χ0v) is 9.47. The Morgan fingerprint density at radius 1 is 1.08 bits per heavy atom. The van der Waals surface area contributed by atoms with E-state index in [9.17, 15) is 4.79 Å². The van der Waals surface area contributed by atoms with Gasteiger partial charge in [0.25, 0.3) is 0 Å². The molecule has 0 N–H and O–H groups in total. The minimum atomic E-state index is -0.882. The Balaban J connectivity index is 3.31. The first-order valence-electron chi connectivity index (χ1n) is 4.65. The van der Waals surface area contributed by atoms with Gasteiger partial charge in [-0.3, -0.25) is 0 Å². The molecular weight excluding hydrogens is 164 g/mol. The van der Waals surface area contributed by atoms with E-state index < -0.39 is 8.07 Å². The van der Waals surface area contributed by atoms with Crippen molar-refractivity contribution in [1.29, 1.82) is 0 Å². The molecule has 70 valence electrons. The van der Waals surface area contributed by atoms with Gasteiger partial charge in [-0.1, -0.05) is 31.8 Å². The van der Waals surface area contributed by atoms with E-state index in [1.54, 1.807) is 0 Å². The summed E-state index contributed by atoms with van der Waals surface area (Å²) in [6, 6.07) is 1.26. The summed E-state index contributed by atoms with van der Waals surface area (Å²) in [6.45, 7) is 7.09. The number of hydrogen-bond donors (Lipinski definition) is 0. The van der Waals surface area contributed by atoms with Crippen molar-refractivity contribution in [2.75, 3.05) is 0 Å². The first-order valence-corrected chi connectivity index (χ1v) is 8.35. The Morgan fingerprint density at radius 3 is 2.25 bits per heavy atom. The van der Waals surface area contributed by atoms with Gasteiger partial charge in [-0.15, -0.1) is 0 Å². The van der Waals surface area contributed by atoms with Gasteiger partial charge in [0, 0.05) is 14.5 Å². The SMILES string of the molecule is C[Si](C)(C)C/C=C\CCCC=O. The molecule has 0 rings (SSSR count). The number of aldehydes is 1. The molecule has 0 radical (unpaired) electrons.